The Morgan fingerprint density at radius 1 is 1.27 bits per heavy atom. The highest BCUT2D eigenvalue weighted by atomic mass is 79.9. The number of carbonyl (C=O) groups is 3. The number of amides is 2. The van der Waals surface area contributed by atoms with Crippen molar-refractivity contribution in [3.63, 3.8) is 0 Å². The Morgan fingerprint density at radius 2 is 2.05 bits per heavy atom. The molecule has 2 amide bonds. The van der Waals surface area contributed by atoms with E-state index < -0.39 is 29.2 Å². The van der Waals surface area contributed by atoms with Gasteiger partial charge in [0.2, 0.25) is 0 Å². The summed E-state index contributed by atoms with van der Waals surface area (Å²) in [6.45, 7) is 1.98. The Kier molecular flexibility index (Phi) is 7.60. The molecule has 37 heavy (non-hydrogen) atoms. The van der Waals surface area contributed by atoms with Crippen LogP contribution in [0.2, 0.25) is 0 Å². The lowest BCUT2D eigenvalue weighted by atomic mass is 10.0. The number of furan rings is 1. The van der Waals surface area contributed by atoms with Gasteiger partial charge in [-0.3, -0.25) is 14.5 Å². The molecule has 3 aromatic rings. The van der Waals surface area contributed by atoms with Gasteiger partial charge in [0, 0.05) is 16.0 Å². The number of rotatable bonds is 9. The second-order valence-electron chi connectivity index (χ2n) is 8.00. The van der Waals surface area contributed by atoms with Crippen LogP contribution in [-0.4, -0.2) is 60.9 Å². The van der Waals surface area contributed by atoms with Crippen LogP contribution >= 0.6 is 50.8 Å². The fourth-order valence-electron chi connectivity index (χ4n) is 3.76. The monoisotopic (exact) mass is 622 g/mol. The van der Waals surface area contributed by atoms with Crippen molar-refractivity contribution in [2.75, 3.05) is 11.5 Å². The zero-order valence-electron chi connectivity index (χ0n) is 19.2. The van der Waals surface area contributed by atoms with E-state index >= 15 is 0 Å². The minimum atomic E-state index is -1.17. The van der Waals surface area contributed by atoms with Crippen molar-refractivity contribution in [3.8, 4) is 5.75 Å². The molecule has 4 heterocycles. The number of ether oxygens (including phenoxy) is 1. The van der Waals surface area contributed by atoms with Crippen LogP contribution in [0.4, 0.5) is 0 Å². The first-order valence-corrected chi connectivity index (χ1v) is 14.6. The van der Waals surface area contributed by atoms with Crippen LogP contribution in [0.1, 0.15) is 21.3 Å². The molecule has 0 aliphatic carbocycles. The number of carboxylic acids is 1. The summed E-state index contributed by atoms with van der Waals surface area (Å²) in [4.78, 5) is 39.0. The molecule has 5 rings (SSSR count). The van der Waals surface area contributed by atoms with E-state index in [0.29, 0.717) is 28.6 Å². The fraction of sp³-hybridized carbons (Fsp3) is 0.261. The highest BCUT2D eigenvalue weighted by Crippen LogP contribution is 2.42. The minimum Gasteiger partial charge on any atom is -0.486 e. The summed E-state index contributed by atoms with van der Waals surface area (Å²) in [5, 5.41) is 20.8. The average Bonchev–Trinajstić information content (AvgIpc) is 3.53. The average molecular weight is 624 g/mol. The quantitative estimate of drug-likeness (QED) is 0.267. The number of fused-ring (bicyclic) bond motifs is 1. The Morgan fingerprint density at radius 3 is 2.76 bits per heavy atom. The number of aromatic nitrogens is 2. The molecule has 1 aromatic carbocycles. The SMILES string of the molecule is Cc1nnc(SCC2=C(C(=O)O)N3C(=O)C(NC(=O)c4ccc(COc5ccc(Br)cc5)o4)C3SC2)s1. The standard InChI is InChI=1S/C23H19BrN4O6S3/c1-11-26-27-23(37-11)36-10-12-9-35-21-17(20(30)28(21)18(12)22(31)32)25-19(29)16-7-6-15(34-16)8-33-14-4-2-13(24)3-5-14/h2-7,17,21H,8-10H2,1H3,(H,25,29)(H,31,32). The Labute approximate surface area is 232 Å². The van der Waals surface area contributed by atoms with Crippen molar-refractivity contribution < 1.29 is 28.6 Å². The first-order valence-electron chi connectivity index (χ1n) is 10.9. The number of aliphatic carboxylic acids is 1. The van der Waals surface area contributed by atoms with Crippen LogP contribution in [-0.2, 0) is 16.2 Å². The number of benzene rings is 1. The molecule has 2 atom stereocenters. The predicted molar refractivity (Wildman–Crippen MR) is 142 cm³/mol. The van der Waals surface area contributed by atoms with Gasteiger partial charge in [-0.1, -0.05) is 39.0 Å². The van der Waals surface area contributed by atoms with Crippen LogP contribution in [0.15, 0.2) is 60.9 Å². The molecule has 10 nitrogen and oxygen atoms in total. The molecular weight excluding hydrogens is 604 g/mol. The molecule has 0 bridgehead atoms. The molecule has 14 heteroatoms. The Balaban J connectivity index is 1.20. The molecule has 2 unspecified atom stereocenters. The molecular formula is C23H19BrN4O6S3. The number of hydrogen-bond donors (Lipinski definition) is 2. The van der Waals surface area contributed by atoms with Gasteiger partial charge in [-0.25, -0.2) is 4.79 Å². The summed E-state index contributed by atoms with van der Waals surface area (Å²) in [5.41, 5.74) is 0.601. The molecule has 0 saturated carbocycles. The van der Waals surface area contributed by atoms with E-state index in [4.69, 9.17) is 9.15 Å². The number of nitrogens with one attached hydrogen (secondary N) is 1. The van der Waals surface area contributed by atoms with Gasteiger partial charge >= 0.3 is 5.97 Å². The van der Waals surface area contributed by atoms with E-state index in [9.17, 15) is 19.5 Å². The molecule has 2 aromatic heterocycles. The number of hydrogen-bond acceptors (Lipinski definition) is 10. The largest absolute Gasteiger partial charge is 0.486 e. The maximum Gasteiger partial charge on any atom is 0.352 e. The topological polar surface area (TPSA) is 135 Å². The number of β-lactam (4-membered cyclic amide) rings is 1. The normalized spacial score (nSPS) is 18.9. The van der Waals surface area contributed by atoms with Crippen molar-refractivity contribution >= 4 is 68.6 Å². The van der Waals surface area contributed by atoms with Gasteiger partial charge < -0.3 is 19.6 Å². The van der Waals surface area contributed by atoms with Crippen LogP contribution in [0.5, 0.6) is 5.75 Å². The van der Waals surface area contributed by atoms with Crippen molar-refractivity contribution in [1.29, 1.82) is 0 Å². The van der Waals surface area contributed by atoms with E-state index in [1.807, 2.05) is 19.1 Å². The predicted octanol–water partition coefficient (Wildman–Crippen LogP) is 3.93. The summed E-state index contributed by atoms with van der Waals surface area (Å²) in [6.07, 6.45) is 0. The highest BCUT2D eigenvalue weighted by Gasteiger charge is 2.54. The summed E-state index contributed by atoms with van der Waals surface area (Å²) in [5.74, 6) is -0.248. The number of halogens is 1. The smallest absolute Gasteiger partial charge is 0.352 e. The molecule has 1 fully saturated rings. The second-order valence-corrected chi connectivity index (χ2v) is 12.4. The molecule has 0 spiro atoms. The van der Waals surface area contributed by atoms with Crippen LogP contribution in [0.3, 0.4) is 0 Å². The number of nitrogens with zero attached hydrogens (tertiary/aromatic N) is 3. The first-order chi connectivity index (χ1) is 17.8. The highest BCUT2D eigenvalue weighted by molar-refractivity contribution is 9.10. The third-order valence-corrected chi connectivity index (χ3v) is 9.42. The van der Waals surface area contributed by atoms with Crippen molar-refractivity contribution in [2.45, 2.75) is 29.3 Å². The van der Waals surface area contributed by atoms with Gasteiger partial charge in [-0.2, -0.15) is 0 Å². The summed E-state index contributed by atoms with van der Waals surface area (Å²) < 4.78 is 12.9. The van der Waals surface area contributed by atoms with Gasteiger partial charge in [-0.05, 0) is 48.9 Å². The summed E-state index contributed by atoms with van der Waals surface area (Å²) in [6, 6.07) is 9.61. The lowest BCUT2D eigenvalue weighted by Crippen LogP contribution is -2.70. The van der Waals surface area contributed by atoms with Crippen LogP contribution < -0.4 is 10.1 Å². The third-order valence-electron chi connectivity index (χ3n) is 5.49. The molecule has 1 saturated heterocycles. The van der Waals surface area contributed by atoms with Gasteiger partial charge in [0.05, 0.1) is 0 Å². The number of carbonyl (C=O) groups excluding carboxylic acids is 2. The van der Waals surface area contributed by atoms with Crippen LogP contribution in [0.25, 0.3) is 0 Å². The van der Waals surface area contributed by atoms with Gasteiger partial charge in [-0.15, -0.1) is 22.0 Å². The zero-order valence-corrected chi connectivity index (χ0v) is 23.2. The van der Waals surface area contributed by atoms with Crippen molar-refractivity contribution in [3.05, 3.63) is 68.7 Å². The maximum atomic E-state index is 12.9. The van der Waals surface area contributed by atoms with E-state index in [0.717, 1.165) is 13.8 Å². The molecule has 192 valence electrons. The second kappa shape index (κ2) is 10.9. The fourth-order valence-corrected chi connectivity index (χ4v) is 7.32. The maximum absolute atomic E-state index is 12.9. The number of aryl methyl sites for hydroxylation is 1. The van der Waals surface area contributed by atoms with E-state index in [2.05, 4.69) is 31.4 Å². The summed E-state index contributed by atoms with van der Waals surface area (Å²) in [7, 11) is 0. The molecule has 2 aliphatic rings. The third kappa shape index (κ3) is 5.56. The zero-order chi connectivity index (χ0) is 26.1. The van der Waals surface area contributed by atoms with Gasteiger partial charge in [0.15, 0.2) is 10.1 Å². The van der Waals surface area contributed by atoms with Crippen LogP contribution in [0, 0.1) is 6.92 Å². The Hall–Kier alpha value is -2.81. The Bertz CT molecular complexity index is 1390. The first kappa shape index (κ1) is 25.8. The number of carboxylic acid groups (broad SMARTS) is 1. The van der Waals surface area contributed by atoms with E-state index in [1.165, 1.54) is 45.8 Å². The summed E-state index contributed by atoms with van der Waals surface area (Å²) >= 11 is 7.59. The van der Waals surface area contributed by atoms with E-state index in [-0.39, 0.29) is 18.1 Å². The van der Waals surface area contributed by atoms with Gasteiger partial charge in [0.25, 0.3) is 11.8 Å². The van der Waals surface area contributed by atoms with Crippen molar-refractivity contribution in [2.24, 2.45) is 0 Å². The van der Waals surface area contributed by atoms with Crippen molar-refractivity contribution in [1.82, 2.24) is 20.4 Å². The van der Waals surface area contributed by atoms with E-state index in [1.54, 1.807) is 18.2 Å². The molecule has 0 radical (unpaired) electrons. The lowest BCUT2D eigenvalue weighted by Gasteiger charge is -2.49. The van der Waals surface area contributed by atoms with Gasteiger partial charge in [0.1, 0.15) is 40.2 Å². The minimum absolute atomic E-state index is 0.0293. The lowest BCUT2D eigenvalue weighted by molar-refractivity contribution is -0.148. The number of thioether (sulfide) groups is 2. The molecule has 2 aliphatic heterocycles. The molecule has 2 N–H and O–H groups in total.